The van der Waals surface area contributed by atoms with Crippen LogP contribution in [0.25, 0.3) is 0 Å². The lowest BCUT2D eigenvalue weighted by atomic mass is 9.67. The lowest BCUT2D eigenvalue weighted by molar-refractivity contribution is -0.120. The summed E-state index contributed by atoms with van der Waals surface area (Å²) in [4.78, 5) is 24.9. The Bertz CT molecular complexity index is 1240. The van der Waals surface area contributed by atoms with Gasteiger partial charge in [-0.2, -0.15) is 4.31 Å². The number of sulfonamides is 1. The van der Waals surface area contributed by atoms with E-state index in [4.69, 9.17) is 4.74 Å². The van der Waals surface area contributed by atoms with Crippen LogP contribution >= 0.6 is 0 Å². The summed E-state index contributed by atoms with van der Waals surface area (Å²) in [7, 11) is -2.49. The second-order valence-corrected chi connectivity index (χ2v) is 12.7. The first-order valence-corrected chi connectivity index (χ1v) is 13.7. The molecular weight excluding hydrogens is 490 g/mol. The molecule has 9 heteroatoms. The Kier molecular flexibility index (Phi) is 8.49. The van der Waals surface area contributed by atoms with Gasteiger partial charge in [0.15, 0.2) is 0 Å². The lowest BCUT2D eigenvalue weighted by Gasteiger charge is -2.52. The topological polar surface area (TPSA) is 105 Å². The maximum absolute atomic E-state index is 13.7. The minimum absolute atomic E-state index is 0.0466. The van der Waals surface area contributed by atoms with E-state index in [-0.39, 0.29) is 47.2 Å². The zero-order valence-corrected chi connectivity index (χ0v) is 23.0. The third-order valence-electron chi connectivity index (χ3n) is 6.80. The summed E-state index contributed by atoms with van der Waals surface area (Å²) in [6.45, 7) is 12.1. The highest BCUT2D eigenvalue weighted by Gasteiger charge is 2.50. The molecule has 3 rings (SSSR count). The highest BCUT2D eigenvalue weighted by molar-refractivity contribution is 7.89. The molecule has 1 saturated heterocycles. The van der Waals surface area contributed by atoms with E-state index in [1.54, 1.807) is 0 Å². The highest BCUT2D eigenvalue weighted by Crippen LogP contribution is 2.42. The van der Waals surface area contributed by atoms with E-state index in [0.717, 1.165) is 5.56 Å². The number of rotatable bonds is 9. The van der Waals surface area contributed by atoms with Gasteiger partial charge in [0.2, 0.25) is 15.9 Å². The summed E-state index contributed by atoms with van der Waals surface area (Å²) in [6, 6.07) is 13.9. The first-order chi connectivity index (χ1) is 17.3. The van der Waals surface area contributed by atoms with Crippen LogP contribution in [0.15, 0.2) is 66.1 Å². The average Bonchev–Trinajstić information content (AvgIpc) is 2.85. The first kappa shape index (κ1) is 28.4. The molecule has 8 nitrogen and oxygen atoms in total. The molecule has 37 heavy (non-hydrogen) atoms. The number of ether oxygens (including phenoxy) is 1. The van der Waals surface area contributed by atoms with Crippen molar-refractivity contribution < 1.29 is 22.7 Å². The summed E-state index contributed by atoms with van der Waals surface area (Å²) in [6.07, 6.45) is 1.90. The third-order valence-corrected chi connectivity index (χ3v) is 8.59. The van der Waals surface area contributed by atoms with Crippen molar-refractivity contribution in [2.45, 2.75) is 45.1 Å². The molecule has 1 aliphatic heterocycles. The van der Waals surface area contributed by atoms with Crippen LogP contribution in [0, 0.1) is 10.8 Å². The number of piperidine rings is 1. The van der Waals surface area contributed by atoms with Gasteiger partial charge in [0.25, 0.3) is 5.91 Å². The summed E-state index contributed by atoms with van der Waals surface area (Å²) < 4.78 is 34.2. The number of hydrogen-bond acceptors (Lipinski definition) is 5. The Morgan fingerprint density at radius 3 is 2.27 bits per heavy atom. The van der Waals surface area contributed by atoms with E-state index in [1.165, 1.54) is 35.7 Å². The third kappa shape index (κ3) is 6.40. The van der Waals surface area contributed by atoms with E-state index in [9.17, 15) is 18.0 Å². The van der Waals surface area contributed by atoms with Crippen LogP contribution in [-0.2, 0) is 21.2 Å². The average molecular weight is 528 g/mol. The fraction of sp³-hybridized carbons (Fsp3) is 0.429. The van der Waals surface area contributed by atoms with Gasteiger partial charge in [0.1, 0.15) is 5.75 Å². The van der Waals surface area contributed by atoms with Crippen LogP contribution in [0.5, 0.6) is 5.75 Å². The predicted molar refractivity (Wildman–Crippen MR) is 144 cm³/mol. The molecule has 0 aliphatic carbocycles. The van der Waals surface area contributed by atoms with Gasteiger partial charge in [-0.05, 0) is 41.0 Å². The second-order valence-electron chi connectivity index (χ2n) is 10.7. The minimum atomic E-state index is -3.90. The molecule has 2 aromatic rings. The van der Waals surface area contributed by atoms with Gasteiger partial charge in [0.05, 0.1) is 17.6 Å². The van der Waals surface area contributed by atoms with E-state index in [1.807, 2.05) is 58.0 Å². The number of methoxy groups -OCH3 is 1. The zero-order valence-electron chi connectivity index (χ0n) is 22.2. The standard InChI is InChI=1S/C28H37N3O5S/c1-7-24(32)30-26-27(2,3)18-31(19-28(26,4)5)37(34,35)21-13-14-22(23(17-21)36-6)25(33)29-16-15-20-11-9-8-10-12-20/h7-14,17,26H,1,15-16,18-19H2,2-6H3,(H,29,33)(H,30,32). The summed E-state index contributed by atoms with van der Waals surface area (Å²) in [5.41, 5.74) is 0.280. The molecule has 2 amide bonds. The van der Waals surface area contributed by atoms with Gasteiger partial charge < -0.3 is 15.4 Å². The van der Waals surface area contributed by atoms with Gasteiger partial charge in [-0.15, -0.1) is 0 Å². The van der Waals surface area contributed by atoms with E-state index >= 15 is 0 Å². The van der Waals surface area contributed by atoms with Crippen molar-refractivity contribution in [3.05, 3.63) is 72.3 Å². The Labute approximate surface area is 220 Å². The van der Waals surface area contributed by atoms with Crippen molar-refractivity contribution in [2.24, 2.45) is 10.8 Å². The minimum Gasteiger partial charge on any atom is -0.496 e. The van der Waals surface area contributed by atoms with E-state index in [0.29, 0.717) is 13.0 Å². The largest absolute Gasteiger partial charge is 0.496 e. The lowest BCUT2D eigenvalue weighted by Crippen LogP contribution is -2.64. The molecule has 0 saturated carbocycles. The summed E-state index contributed by atoms with van der Waals surface area (Å²) in [5, 5.41) is 5.85. The smallest absolute Gasteiger partial charge is 0.255 e. The van der Waals surface area contributed by atoms with E-state index < -0.39 is 20.9 Å². The van der Waals surface area contributed by atoms with Crippen molar-refractivity contribution in [3.63, 3.8) is 0 Å². The molecule has 1 aliphatic rings. The number of nitrogens with zero attached hydrogens (tertiary/aromatic N) is 1. The molecule has 0 unspecified atom stereocenters. The van der Waals surface area contributed by atoms with Crippen LogP contribution in [0.4, 0.5) is 0 Å². The molecular formula is C28H37N3O5S. The van der Waals surface area contributed by atoms with Gasteiger partial charge >= 0.3 is 0 Å². The molecule has 0 bridgehead atoms. The number of nitrogens with one attached hydrogen (secondary N) is 2. The molecule has 1 heterocycles. The van der Waals surface area contributed by atoms with Crippen LogP contribution in [0.2, 0.25) is 0 Å². The Morgan fingerprint density at radius 1 is 1.08 bits per heavy atom. The van der Waals surface area contributed by atoms with Crippen molar-refractivity contribution in [1.82, 2.24) is 14.9 Å². The van der Waals surface area contributed by atoms with Crippen LogP contribution in [0.3, 0.4) is 0 Å². The first-order valence-electron chi connectivity index (χ1n) is 12.2. The van der Waals surface area contributed by atoms with Gasteiger partial charge in [-0.25, -0.2) is 8.42 Å². The van der Waals surface area contributed by atoms with Crippen molar-refractivity contribution in [1.29, 1.82) is 0 Å². The second kappa shape index (κ2) is 11.1. The van der Waals surface area contributed by atoms with Crippen molar-refractivity contribution >= 4 is 21.8 Å². The van der Waals surface area contributed by atoms with Gasteiger partial charge in [-0.1, -0.05) is 64.6 Å². The van der Waals surface area contributed by atoms with Gasteiger partial charge in [-0.3, -0.25) is 9.59 Å². The van der Waals surface area contributed by atoms with Crippen LogP contribution in [-0.4, -0.2) is 57.3 Å². The number of amides is 2. The molecule has 2 aromatic carbocycles. The van der Waals surface area contributed by atoms with E-state index in [2.05, 4.69) is 17.2 Å². The molecule has 0 atom stereocenters. The number of carbonyl (C=O) groups is 2. The van der Waals surface area contributed by atoms with Gasteiger partial charge in [0, 0.05) is 31.7 Å². The summed E-state index contributed by atoms with van der Waals surface area (Å²) in [5.74, 6) is -0.437. The number of carbonyl (C=O) groups excluding carboxylic acids is 2. The molecule has 200 valence electrons. The molecule has 0 spiro atoms. The monoisotopic (exact) mass is 527 g/mol. The van der Waals surface area contributed by atoms with Crippen molar-refractivity contribution in [2.75, 3.05) is 26.7 Å². The highest BCUT2D eigenvalue weighted by atomic mass is 32.2. The fourth-order valence-corrected chi connectivity index (χ4v) is 7.00. The molecule has 0 aromatic heterocycles. The SMILES string of the molecule is C=CC(=O)NC1C(C)(C)CN(S(=O)(=O)c2ccc(C(=O)NCCc3ccccc3)c(OC)c2)CC1(C)C. The zero-order chi connectivity index (χ0) is 27.4. The quantitative estimate of drug-likeness (QED) is 0.487. The maximum atomic E-state index is 13.7. The normalized spacial score (nSPS) is 17.5. The Balaban J connectivity index is 1.79. The molecule has 1 fully saturated rings. The predicted octanol–water partition coefficient (Wildman–Crippen LogP) is 3.40. The Hall–Kier alpha value is -3.17. The summed E-state index contributed by atoms with van der Waals surface area (Å²) >= 11 is 0. The number of hydrogen-bond donors (Lipinski definition) is 2. The maximum Gasteiger partial charge on any atom is 0.255 e. The van der Waals surface area contributed by atoms with Crippen molar-refractivity contribution in [3.8, 4) is 5.75 Å². The Morgan fingerprint density at radius 2 is 1.70 bits per heavy atom. The van der Waals surface area contributed by atoms with Crippen LogP contribution < -0.4 is 15.4 Å². The molecule has 2 N–H and O–H groups in total. The number of benzene rings is 2. The van der Waals surface area contributed by atoms with Crippen LogP contribution in [0.1, 0.15) is 43.6 Å². The molecule has 0 radical (unpaired) electrons. The fourth-order valence-electron chi connectivity index (χ4n) is 5.20.